The van der Waals surface area contributed by atoms with Crippen LogP contribution in [0.5, 0.6) is 11.5 Å². The Labute approximate surface area is 236 Å². The van der Waals surface area contributed by atoms with Crippen molar-refractivity contribution in [3.8, 4) is 11.5 Å². The Morgan fingerprint density at radius 3 is 1.93 bits per heavy atom. The van der Waals surface area contributed by atoms with Gasteiger partial charge in [0, 0.05) is 6.42 Å². The van der Waals surface area contributed by atoms with Crippen LogP contribution in [0.1, 0.15) is 79.2 Å². The first-order chi connectivity index (χ1) is 19.0. The van der Waals surface area contributed by atoms with Crippen LogP contribution in [0.3, 0.4) is 0 Å². The van der Waals surface area contributed by atoms with Crippen LogP contribution in [0.4, 0.5) is 9.59 Å². The van der Waals surface area contributed by atoms with Crippen molar-refractivity contribution in [2.75, 3.05) is 19.8 Å². The van der Waals surface area contributed by atoms with Gasteiger partial charge in [-0.2, -0.15) is 0 Å². The number of unbranched alkanes of at least 4 members (excludes halogenated alkanes) is 1. The van der Waals surface area contributed by atoms with E-state index in [4.69, 9.17) is 34.2 Å². The summed E-state index contributed by atoms with van der Waals surface area (Å²) in [4.78, 5) is 48.7. The van der Waals surface area contributed by atoms with Crippen molar-refractivity contribution < 1.29 is 47.6 Å². The maximum absolute atomic E-state index is 12.4. The third-order valence-electron chi connectivity index (χ3n) is 6.05. The molecule has 0 spiro atoms. The number of nitrogens with two attached hydrogens (primary N) is 1. The summed E-state index contributed by atoms with van der Waals surface area (Å²) in [5.74, 6) is -0.916. The monoisotopic (exact) mass is 567 g/mol. The molecule has 1 aromatic rings. The lowest BCUT2D eigenvalue weighted by molar-refractivity contribution is -0.158. The molecule has 1 aromatic carbocycles. The minimum absolute atomic E-state index is 0.0283. The van der Waals surface area contributed by atoms with Crippen LogP contribution < -0.4 is 15.2 Å². The van der Waals surface area contributed by atoms with E-state index in [-0.39, 0.29) is 55.5 Å². The zero-order valence-electron chi connectivity index (χ0n) is 24.6. The zero-order chi connectivity index (χ0) is 30.1. The van der Waals surface area contributed by atoms with Gasteiger partial charge >= 0.3 is 24.2 Å². The van der Waals surface area contributed by atoms with Gasteiger partial charge in [0.25, 0.3) is 0 Å². The molecule has 1 rings (SSSR count). The van der Waals surface area contributed by atoms with E-state index in [1.807, 2.05) is 34.6 Å². The molecule has 0 radical (unpaired) electrons. The Bertz CT molecular complexity index is 951. The normalized spacial score (nSPS) is 13.8. The van der Waals surface area contributed by atoms with Gasteiger partial charge in [-0.05, 0) is 49.3 Å². The van der Waals surface area contributed by atoms with Crippen molar-refractivity contribution in [2.24, 2.45) is 17.6 Å². The molecule has 11 heteroatoms. The summed E-state index contributed by atoms with van der Waals surface area (Å²) in [6.45, 7) is 11.6. The third kappa shape index (κ3) is 14.2. The Hall–Kier alpha value is -3.34. The SMILES string of the molecule is CCCCC(=O)O[C@@H](C)COC(=O)[C@@H](N)Cc1ccc(OC(=O)OCC(C)CC)c(OC(=O)OCC(C)CC)c1. The molecule has 0 amide bonds. The largest absolute Gasteiger partial charge is 0.513 e. The van der Waals surface area contributed by atoms with Crippen LogP contribution in [0.2, 0.25) is 0 Å². The van der Waals surface area contributed by atoms with Gasteiger partial charge < -0.3 is 34.2 Å². The number of hydrogen-bond acceptors (Lipinski definition) is 11. The van der Waals surface area contributed by atoms with E-state index in [1.54, 1.807) is 13.0 Å². The Balaban J connectivity index is 2.86. The molecular weight excluding hydrogens is 522 g/mol. The van der Waals surface area contributed by atoms with Gasteiger partial charge in [0.2, 0.25) is 0 Å². The van der Waals surface area contributed by atoms with Gasteiger partial charge in [0.1, 0.15) is 18.8 Å². The molecule has 0 aromatic heterocycles. The molecule has 2 N–H and O–H groups in total. The number of hydrogen-bond donors (Lipinski definition) is 1. The number of carbonyl (C=O) groups is 4. The average Bonchev–Trinajstić information content (AvgIpc) is 2.93. The summed E-state index contributed by atoms with van der Waals surface area (Å²) in [5.41, 5.74) is 6.54. The highest BCUT2D eigenvalue weighted by Gasteiger charge is 2.22. The summed E-state index contributed by atoms with van der Waals surface area (Å²) in [7, 11) is 0. The van der Waals surface area contributed by atoms with Gasteiger partial charge in [0.05, 0.1) is 13.2 Å². The molecule has 0 aliphatic rings. The predicted octanol–water partition coefficient (Wildman–Crippen LogP) is 5.34. The van der Waals surface area contributed by atoms with Gasteiger partial charge in [0.15, 0.2) is 11.5 Å². The summed E-state index contributed by atoms with van der Waals surface area (Å²) in [5, 5.41) is 0. The quantitative estimate of drug-likeness (QED) is 0.147. The molecule has 4 atom stereocenters. The van der Waals surface area contributed by atoms with E-state index in [0.29, 0.717) is 12.0 Å². The first-order valence-corrected chi connectivity index (χ1v) is 13.9. The van der Waals surface area contributed by atoms with Gasteiger partial charge in [-0.1, -0.05) is 59.9 Å². The predicted molar refractivity (Wildman–Crippen MR) is 147 cm³/mol. The first kappa shape index (κ1) is 34.7. The molecule has 0 fully saturated rings. The molecule has 2 unspecified atom stereocenters. The van der Waals surface area contributed by atoms with Gasteiger partial charge in [-0.25, -0.2) is 9.59 Å². The highest BCUT2D eigenvalue weighted by molar-refractivity contribution is 5.76. The molecule has 0 bridgehead atoms. The lowest BCUT2D eigenvalue weighted by Crippen LogP contribution is -2.36. The maximum atomic E-state index is 12.4. The van der Waals surface area contributed by atoms with E-state index < -0.39 is 30.4 Å². The fourth-order valence-corrected chi connectivity index (χ4v) is 3.02. The minimum atomic E-state index is -1.06. The van der Waals surface area contributed by atoms with Crippen LogP contribution in [0, 0.1) is 11.8 Å². The highest BCUT2D eigenvalue weighted by Crippen LogP contribution is 2.30. The van der Waals surface area contributed by atoms with Crippen LogP contribution >= 0.6 is 0 Å². The average molecular weight is 568 g/mol. The zero-order valence-corrected chi connectivity index (χ0v) is 24.6. The first-order valence-electron chi connectivity index (χ1n) is 13.9. The lowest BCUT2D eigenvalue weighted by Gasteiger charge is -2.17. The number of rotatable bonds is 17. The van der Waals surface area contributed by atoms with E-state index >= 15 is 0 Å². The Morgan fingerprint density at radius 1 is 0.800 bits per heavy atom. The molecule has 0 saturated carbocycles. The van der Waals surface area contributed by atoms with E-state index in [1.165, 1.54) is 12.1 Å². The number of ether oxygens (including phenoxy) is 6. The molecule has 226 valence electrons. The van der Waals surface area contributed by atoms with E-state index in [0.717, 1.165) is 25.7 Å². The summed E-state index contributed by atoms with van der Waals surface area (Å²) in [6, 6.07) is 3.35. The molecule has 0 heterocycles. The summed E-state index contributed by atoms with van der Waals surface area (Å²) < 4.78 is 31.3. The van der Waals surface area contributed by atoms with Crippen LogP contribution in [0.15, 0.2) is 18.2 Å². The molecule has 11 nitrogen and oxygen atoms in total. The van der Waals surface area contributed by atoms with E-state index in [2.05, 4.69) is 0 Å². The fourth-order valence-electron chi connectivity index (χ4n) is 3.02. The highest BCUT2D eigenvalue weighted by atomic mass is 16.7. The number of esters is 2. The fraction of sp³-hybridized carbons (Fsp3) is 0.655. The second-order valence-corrected chi connectivity index (χ2v) is 9.98. The van der Waals surface area contributed by atoms with Crippen molar-refractivity contribution in [1.29, 1.82) is 0 Å². The second-order valence-electron chi connectivity index (χ2n) is 9.98. The van der Waals surface area contributed by atoms with E-state index in [9.17, 15) is 19.2 Å². The summed E-state index contributed by atoms with van der Waals surface area (Å²) >= 11 is 0. The summed E-state index contributed by atoms with van der Waals surface area (Å²) in [6.07, 6.45) is 1.03. The standard InChI is InChI=1S/C29H45NO10/c1-7-10-11-26(31)38-21(6)18-35-27(32)23(30)14-22-12-13-24(39-28(33)36-16-19(4)8-2)25(15-22)40-29(34)37-17-20(5)9-3/h12-13,15,19-21,23H,7-11,14,16-18,30H2,1-6H3/t19?,20?,21-,23-/m0/s1. The Morgan fingerprint density at radius 2 is 1.38 bits per heavy atom. The number of benzene rings is 1. The Kier molecular flexibility index (Phi) is 16.4. The smallest absolute Gasteiger partial charge is 0.461 e. The molecular formula is C29H45NO10. The lowest BCUT2D eigenvalue weighted by atomic mass is 10.1. The molecule has 0 aliphatic carbocycles. The second kappa shape index (κ2) is 18.9. The van der Waals surface area contributed by atoms with Crippen molar-refractivity contribution in [3.63, 3.8) is 0 Å². The van der Waals surface area contributed by atoms with Gasteiger partial charge in [-0.15, -0.1) is 0 Å². The molecule has 0 saturated heterocycles. The van der Waals surface area contributed by atoms with Crippen molar-refractivity contribution in [3.05, 3.63) is 23.8 Å². The molecule has 0 aliphatic heterocycles. The molecule has 40 heavy (non-hydrogen) atoms. The van der Waals surface area contributed by atoms with Crippen LogP contribution in [0.25, 0.3) is 0 Å². The number of carbonyl (C=O) groups excluding carboxylic acids is 4. The van der Waals surface area contributed by atoms with Gasteiger partial charge in [-0.3, -0.25) is 9.59 Å². The topological polar surface area (TPSA) is 150 Å². The van der Waals surface area contributed by atoms with Crippen molar-refractivity contribution in [2.45, 2.75) is 92.2 Å². The minimum Gasteiger partial charge on any atom is -0.461 e. The van der Waals surface area contributed by atoms with Crippen molar-refractivity contribution in [1.82, 2.24) is 0 Å². The van der Waals surface area contributed by atoms with Crippen LogP contribution in [-0.2, 0) is 35.0 Å². The van der Waals surface area contributed by atoms with Crippen LogP contribution in [-0.4, -0.2) is 56.2 Å². The maximum Gasteiger partial charge on any atom is 0.513 e. The third-order valence-corrected chi connectivity index (χ3v) is 6.05. The van der Waals surface area contributed by atoms with Crippen molar-refractivity contribution >= 4 is 24.2 Å².